The van der Waals surface area contributed by atoms with Gasteiger partial charge in [0.15, 0.2) is 17.3 Å². The van der Waals surface area contributed by atoms with Crippen LogP contribution in [0.1, 0.15) is 44.0 Å². The van der Waals surface area contributed by atoms with Gasteiger partial charge in [-0.1, -0.05) is 12.1 Å². The second-order valence-electron chi connectivity index (χ2n) is 7.75. The highest BCUT2D eigenvalue weighted by Crippen LogP contribution is 2.30. The zero-order valence-corrected chi connectivity index (χ0v) is 20.3. The van der Waals surface area contributed by atoms with Gasteiger partial charge in [0, 0.05) is 17.7 Å². The highest BCUT2D eigenvalue weighted by molar-refractivity contribution is 6.24. The number of methoxy groups -OCH3 is 1. The average molecular weight is 480 g/mol. The van der Waals surface area contributed by atoms with E-state index >= 15 is 0 Å². The number of amides is 1. The summed E-state index contributed by atoms with van der Waals surface area (Å²) >= 11 is 0. The fourth-order valence-corrected chi connectivity index (χ4v) is 3.45. The molecule has 35 heavy (non-hydrogen) atoms. The second kappa shape index (κ2) is 11.8. The van der Waals surface area contributed by atoms with Crippen LogP contribution < -0.4 is 20.1 Å². The third kappa shape index (κ3) is 6.47. The molecule has 0 aliphatic carbocycles. The SMILES string of the molecule is CCOC(=O)C1=C(C)Nc2ccccc2N=C1NC(=O)CCCOc1ccc(C(C)=O)cc1OC. The summed E-state index contributed by atoms with van der Waals surface area (Å²) in [4.78, 5) is 41.4. The van der Waals surface area contributed by atoms with Crippen LogP contribution in [0.4, 0.5) is 11.4 Å². The molecule has 0 fully saturated rings. The maximum Gasteiger partial charge on any atom is 0.343 e. The molecular weight excluding hydrogens is 450 g/mol. The number of allylic oxidation sites excluding steroid dienone is 1. The summed E-state index contributed by atoms with van der Waals surface area (Å²) in [5, 5.41) is 5.92. The van der Waals surface area contributed by atoms with Gasteiger partial charge < -0.3 is 24.8 Å². The minimum atomic E-state index is -0.575. The molecule has 0 radical (unpaired) electrons. The fourth-order valence-electron chi connectivity index (χ4n) is 3.45. The number of fused-ring (bicyclic) bond motifs is 1. The van der Waals surface area contributed by atoms with Crippen molar-refractivity contribution >= 4 is 34.9 Å². The van der Waals surface area contributed by atoms with Gasteiger partial charge in [0.1, 0.15) is 11.4 Å². The molecule has 2 aromatic carbocycles. The number of ketones is 1. The number of benzene rings is 2. The van der Waals surface area contributed by atoms with E-state index in [-0.39, 0.29) is 42.7 Å². The maximum absolute atomic E-state index is 12.7. The number of amidine groups is 1. The number of hydrogen-bond donors (Lipinski definition) is 2. The first-order valence-electron chi connectivity index (χ1n) is 11.3. The van der Waals surface area contributed by atoms with Crippen LogP contribution in [-0.2, 0) is 14.3 Å². The lowest BCUT2D eigenvalue weighted by Crippen LogP contribution is -2.35. The van der Waals surface area contributed by atoms with Crippen molar-refractivity contribution in [1.29, 1.82) is 0 Å². The van der Waals surface area contributed by atoms with Crippen molar-refractivity contribution in [2.75, 3.05) is 25.6 Å². The lowest BCUT2D eigenvalue weighted by Gasteiger charge is -2.14. The first kappa shape index (κ1) is 25.5. The molecule has 0 atom stereocenters. The number of hydrogen-bond acceptors (Lipinski definition) is 8. The van der Waals surface area contributed by atoms with E-state index in [1.165, 1.54) is 14.0 Å². The molecule has 9 heteroatoms. The van der Waals surface area contributed by atoms with Crippen molar-refractivity contribution in [2.45, 2.75) is 33.6 Å². The summed E-state index contributed by atoms with van der Waals surface area (Å²) in [5.41, 5.74) is 2.52. The largest absolute Gasteiger partial charge is 0.493 e. The Labute approximate surface area is 204 Å². The van der Waals surface area contributed by atoms with Crippen molar-refractivity contribution in [3.8, 4) is 11.5 Å². The van der Waals surface area contributed by atoms with E-state index in [9.17, 15) is 14.4 Å². The standard InChI is InChI=1S/C26H29N3O6/c1-5-34-26(32)24-16(2)27-19-9-6-7-10-20(19)28-25(24)29-23(31)11-8-14-35-21-13-12-18(17(3)30)15-22(21)33-4/h6-7,9-10,12-13,15,27H,5,8,11,14H2,1-4H3,(H,28,29,31). The van der Waals surface area contributed by atoms with Gasteiger partial charge in [-0.25, -0.2) is 9.79 Å². The number of rotatable bonds is 9. The number of carbonyl (C=O) groups is 3. The van der Waals surface area contributed by atoms with E-state index < -0.39 is 5.97 Å². The van der Waals surface area contributed by atoms with Gasteiger partial charge in [0.25, 0.3) is 0 Å². The van der Waals surface area contributed by atoms with Gasteiger partial charge in [-0.15, -0.1) is 0 Å². The van der Waals surface area contributed by atoms with Crippen LogP contribution in [0, 0.1) is 0 Å². The Bertz CT molecular complexity index is 1190. The molecule has 0 saturated carbocycles. The van der Waals surface area contributed by atoms with Gasteiger partial charge in [-0.3, -0.25) is 9.59 Å². The molecule has 2 aromatic rings. The first-order valence-corrected chi connectivity index (χ1v) is 11.3. The molecule has 1 aliphatic rings. The van der Waals surface area contributed by atoms with E-state index in [0.717, 1.165) is 0 Å². The van der Waals surface area contributed by atoms with Crippen LogP contribution in [0.25, 0.3) is 0 Å². The molecular formula is C26H29N3O6. The summed E-state index contributed by atoms with van der Waals surface area (Å²) < 4.78 is 16.2. The van der Waals surface area contributed by atoms with Crippen molar-refractivity contribution < 1.29 is 28.6 Å². The fraction of sp³-hybridized carbons (Fsp3) is 0.308. The average Bonchev–Trinajstić information content (AvgIpc) is 2.96. The van der Waals surface area contributed by atoms with Crippen LogP contribution in [0.2, 0.25) is 0 Å². The third-order valence-corrected chi connectivity index (χ3v) is 5.18. The lowest BCUT2D eigenvalue weighted by molar-refractivity contribution is -0.137. The topological polar surface area (TPSA) is 115 Å². The number of esters is 1. The number of nitrogens with zero attached hydrogens (tertiary/aromatic N) is 1. The number of carbonyl (C=O) groups excluding carboxylic acids is 3. The Kier molecular flexibility index (Phi) is 8.61. The minimum Gasteiger partial charge on any atom is -0.493 e. The highest BCUT2D eigenvalue weighted by Gasteiger charge is 2.25. The third-order valence-electron chi connectivity index (χ3n) is 5.18. The van der Waals surface area contributed by atoms with Crippen LogP contribution in [0.3, 0.4) is 0 Å². The smallest absolute Gasteiger partial charge is 0.343 e. The normalized spacial score (nSPS) is 12.5. The first-order chi connectivity index (χ1) is 16.8. The Morgan fingerprint density at radius 1 is 1.09 bits per heavy atom. The predicted octanol–water partition coefficient (Wildman–Crippen LogP) is 4.17. The summed E-state index contributed by atoms with van der Waals surface area (Å²) in [6.07, 6.45) is 0.542. The molecule has 0 unspecified atom stereocenters. The zero-order chi connectivity index (χ0) is 25.4. The Hall–Kier alpha value is -4.14. The van der Waals surface area contributed by atoms with Crippen LogP contribution in [-0.4, -0.2) is 43.8 Å². The van der Waals surface area contributed by atoms with Gasteiger partial charge in [0.2, 0.25) is 5.91 Å². The Balaban J connectivity index is 1.66. The van der Waals surface area contributed by atoms with E-state index in [0.29, 0.717) is 40.6 Å². The molecule has 0 bridgehead atoms. The molecule has 3 rings (SSSR count). The summed E-state index contributed by atoms with van der Waals surface area (Å²) in [6, 6.07) is 12.2. The molecule has 1 heterocycles. The van der Waals surface area contributed by atoms with E-state index in [1.807, 2.05) is 18.2 Å². The number of ether oxygens (including phenoxy) is 3. The number of para-hydroxylation sites is 2. The number of aliphatic imine (C=N–C) groups is 1. The van der Waals surface area contributed by atoms with Crippen molar-refractivity contribution in [2.24, 2.45) is 4.99 Å². The molecule has 0 saturated heterocycles. The quantitative estimate of drug-likeness (QED) is 0.315. The molecule has 2 N–H and O–H groups in total. The lowest BCUT2D eigenvalue weighted by atomic mass is 10.1. The van der Waals surface area contributed by atoms with Crippen molar-refractivity contribution in [3.05, 3.63) is 59.3 Å². The summed E-state index contributed by atoms with van der Waals surface area (Å²) in [5.74, 6) is 0.0924. The molecule has 1 aliphatic heterocycles. The highest BCUT2D eigenvalue weighted by atomic mass is 16.5. The van der Waals surface area contributed by atoms with Gasteiger partial charge >= 0.3 is 5.97 Å². The monoisotopic (exact) mass is 479 g/mol. The molecule has 9 nitrogen and oxygen atoms in total. The van der Waals surface area contributed by atoms with E-state index in [2.05, 4.69) is 15.6 Å². The molecule has 184 valence electrons. The molecule has 0 spiro atoms. The molecule has 0 aromatic heterocycles. The number of nitrogens with one attached hydrogen (secondary N) is 2. The van der Waals surface area contributed by atoms with Crippen LogP contribution >= 0.6 is 0 Å². The van der Waals surface area contributed by atoms with Crippen LogP contribution in [0.15, 0.2) is 58.7 Å². The van der Waals surface area contributed by atoms with Crippen molar-refractivity contribution in [3.63, 3.8) is 0 Å². The Morgan fingerprint density at radius 3 is 2.57 bits per heavy atom. The van der Waals surface area contributed by atoms with E-state index in [4.69, 9.17) is 14.2 Å². The predicted molar refractivity (Wildman–Crippen MR) is 132 cm³/mol. The minimum absolute atomic E-state index is 0.0720. The summed E-state index contributed by atoms with van der Waals surface area (Å²) in [6.45, 7) is 5.36. The Morgan fingerprint density at radius 2 is 1.86 bits per heavy atom. The van der Waals surface area contributed by atoms with Gasteiger partial charge in [0.05, 0.1) is 31.7 Å². The number of anilines is 1. The zero-order valence-electron chi connectivity index (χ0n) is 20.3. The van der Waals surface area contributed by atoms with Gasteiger partial charge in [-0.05, 0) is 57.5 Å². The number of Topliss-reactive ketones (excluding diaryl/α,β-unsaturated/α-hetero) is 1. The van der Waals surface area contributed by atoms with E-state index in [1.54, 1.807) is 38.1 Å². The van der Waals surface area contributed by atoms with Crippen molar-refractivity contribution in [1.82, 2.24) is 5.32 Å². The van der Waals surface area contributed by atoms with Gasteiger partial charge in [-0.2, -0.15) is 0 Å². The molecule has 1 amide bonds. The summed E-state index contributed by atoms with van der Waals surface area (Å²) in [7, 11) is 1.50. The second-order valence-corrected chi connectivity index (χ2v) is 7.75. The van der Waals surface area contributed by atoms with Crippen LogP contribution in [0.5, 0.6) is 11.5 Å². The maximum atomic E-state index is 12.7.